The molecule has 3 heteroatoms. The van der Waals surface area contributed by atoms with Crippen LogP contribution in [0.5, 0.6) is 0 Å². The molecule has 5 rings (SSSR count). The smallest absolute Gasteiger partial charge is 0.194 e. The second-order valence-electron chi connectivity index (χ2n) is 7.58. The maximum absolute atomic E-state index is 13.2. The van der Waals surface area contributed by atoms with Crippen molar-refractivity contribution in [1.82, 2.24) is 0 Å². The molecule has 0 atom stereocenters. The molecule has 1 fully saturated rings. The van der Waals surface area contributed by atoms with Gasteiger partial charge >= 0.3 is 0 Å². The minimum atomic E-state index is -0.183. The summed E-state index contributed by atoms with van der Waals surface area (Å²) in [6.07, 6.45) is 3.26. The van der Waals surface area contributed by atoms with Gasteiger partial charge in [-0.15, -0.1) is 12.4 Å². The topological polar surface area (TPSA) is 43.1 Å². The zero-order valence-electron chi connectivity index (χ0n) is 15.5. The van der Waals surface area contributed by atoms with Crippen LogP contribution in [0, 0.1) is 0 Å². The first kappa shape index (κ1) is 18.7. The molecule has 2 aliphatic rings. The minimum Gasteiger partial charge on any atom is -0.321 e. The Hall–Kier alpha value is -2.68. The lowest BCUT2D eigenvalue weighted by Crippen LogP contribution is -2.43. The highest BCUT2D eigenvalue weighted by molar-refractivity contribution is 6.41. The number of nitrogens with two attached hydrogens (primary N) is 1. The number of ketones is 1. The van der Waals surface area contributed by atoms with Crippen molar-refractivity contribution >= 4 is 29.3 Å². The van der Waals surface area contributed by atoms with Gasteiger partial charge in [-0.05, 0) is 41.5 Å². The molecule has 0 saturated heterocycles. The average molecular weight is 388 g/mol. The fourth-order valence-electron chi connectivity index (χ4n) is 4.28. The summed E-state index contributed by atoms with van der Waals surface area (Å²) in [4.78, 5) is 13.2. The van der Waals surface area contributed by atoms with Gasteiger partial charge in [-0.1, -0.05) is 78.9 Å². The van der Waals surface area contributed by atoms with Crippen molar-refractivity contribution in [3.05, 3.63) is 107 Å². The molecule has 140 valence electrons. The number of Topliss-reactive ketones (excluding diaryl/α,β-unsaturated/α-hetero) is 1. The van der Waals surface area contributed by atoms with Crippen molar-refractivity contribution in [1.29, 1.82) is 0 Å². The molecule has 0 bridgehead atoms. The lowest BCUT2D eigenvalue weighted by atomic mass is 9.72. The summed E-state index contributed by atoms with van der Waals surface area (Å²) in [6, 6.07) is 26.4. The van der Waals surface area contributed by atoms with E-state index >= 15 is 0 Å². The number of carbonyl (C=O) groups is 1. The summed E-state index contributed by atoms with van der Waals surface area (Å²) in [5.74, 6) is 0.100. The molecule has 0 amide bonds. The van der Waals surface area contributed by atoms with Gasteiger partial charge in [0.25, 0.3) is 0 Å². The minimum absolute atomic E-state index is 0. The Morgan fingerprint density at radius 3 is 1.86 bits per heavy atom. The summed E-state index contributed by atoms with van der Waals surface area (Å²) < 4.78 is 0. The van der Waals surface area contributed by atoms with E-state index in [-0.39, 0.29) is 23.7 Å². The van der Waals surface area contributed by atoms with E-state index in [0.717, 1.165) is 46.2 Å². The van der Waals surface area contributed by atoms with Crippen LogP contribution in [-0.4, -0.2) is 5.78 Å². The standard InChI is InChI=1S/C25H21NO.ClH/c26-25(15-6-16-25)19-13-11-18(12-14-19)23-22(17-7-2-1-3-8-17)20-9-4-5-10-21(20)24(23)27;/h1-5,7-14H,6,15-16,26H2;1H. The molecule has 0 radical (unpaired) electrons. The van der Waals surface area contributed by atoms with E-state index in [1.54, 1.807) is 0 Å². The number of allylic oxidation sites excluding steroid dienone is 1. The summed E-state index contributed by atoms with van der Waals surface area (Å²) in [5.41, 5.74) is 13.1. The van der Waals surface area contributed by atoms with Gasteiger partial charge in [0.15, 0.2) is 5.78 Å². The third kappa shape index (κ3) is 2.81. The van der Waals surface area contributed by atoms with Gasteiger partial charge in [-0.25, -0.2) is 0 Å². The zero-order chi connectivity index (χ0) is 18.4. The summed E-state index contributed by atoms with van der Waals surface area (Å²) in [7, 11) is 0. The van der Waals surface area contributed by atoms with E-state index in [1.807, 2.05) is 42.5 Å². The highest BCUT2D eigenvalue weighted by Crippen LogP contribution is 2.43. The number of carbonyl (C=O) groups excluding carboxylic acids is 1. The van der Waals surface area contributed by atoms with Crippen LogP contribution in [0.2, 0.25) is 0 Å². The Morgan fingerprint density at radius 1 is 0.679 bits per heavy atom. The van der Waals surface area contributed by atoms with Gasteiger partial charge in [0, 0.05) is 22.2 Å². The van der Waals surface area contributed by atoms with Gasteiger partial charge in [0.2, 0.25) is 0 Å². The molecule has 0 spiro atoms. The van der Waals surface area contributed by atoms with Crippen molar-refractivity contribution in [2.24, 2.45) is 5.73 Å². The number of hydrogen-bond acceptors (Lipinski definition) is 2. The van der Waals surface area contributed by atoms with Gasteiger partial charge in [-0.2, -0.15) is 0 Å². The third-order valence-corrected chi connectivity index (χ3v) is 5.97. The number of rotatable bonds is 3. The van der Waals surface area contributed by atoms with Crippen LogP contribution in [-0.2, 0) is 5.54 Å². The Labute approximate surface area is 171 Å². The Kier molecular flexibility index (Phi) is 4.70. The van der Waals surface area contributed by atoms with Crippen LogP contribution in [0.1, 0.15) is 51.9 Å². The maximum Gasteiger partial charge on any atom is 0.194 e. The first-order valence-corrected chi connectivity index (χ1v) is 9.51. The van der Waals surface area contributed by atoms with Crippen LogP contribution >= 0.6 is 12.4 Å². The number of benzene rings is 3. The van der Waals surface area contributed by atoms with E-state index < -0.39 is 0 Å². The van der Waals surface area contributed by atoms with E-state index in [9.17, 15) is 4.79 Å². The monoisotopic (exact) mass is 387 g/mol. The highest BCUT2D eigenvalue weighted by atomic mass is 35.5. The van der Waals surface area contributed by atoms with Gasteiger partial charge < -0.3 is 5.73 Å². The predicted octanol–water partition coefficient (Wildman–Crippen LogP) is 5.60. The molecule has 0 aliphatic heterocycles. The van der Waals surface area contributed by atoms with E-state index in [4.69, 9.17) is 5.73 Å². The SMILES string of the molecule is Cl.NC1(c2ccc(C3=C(c4ccccc4)c4ccccc4C3=O)cc2)CCC1. The van der Waals surface area contributed by atoms with Crippen LogP contribution in [0.15, 0.2) is 78.9 Å². The molecular formula is C25H22ClNO. The van der Waals surface area contributed by atoms with E-state index in [1.165, 1.54) is 12.0 Å². The quantitative estimate of drug-likeness (QED) is 0.635. The van der Waals surface area contributed by atoms with Crippen molar-refractivity contribution in [2.75, 3.05) is 0 Å². The van der Waals surface area contributed by atoms with Crippen molar-refractivity contribution in [2.45, 2.75) is 24.8 Å². The van der Waals surface area contributed by atoms with Gasteiger partial charge in [0.1, 0.15) is 0 Å². The zero-order valence-corrected chi connectivity index (χ0v) is 16.3. The van der Waals surface area contributed by atoms with Crippen LogP contribution < -0.4 is 5.73 Å². The molecular weight excluding hydrogens is 366 g/mol. The van der Waals surface area contributed by atoms with E-state index in [2.05, 4.69) is 36.4 Å². The molecule has 2 aliphatic carbocycles. The van der Waals surface area contributed by atoms with E-state index in [0.29, 0.717) is 0 Å². The molecule has 3 aromatic rings. The molecule has 3 aromatic carbocycles. The lowest BCUT2D eigenvalue weighted by molar-refractivity contribution is 0.105. The summed E-state index contributed by atoms with van der Waals surface area (Å²) >= 11 is 0. The Bertz CT molecular complexity index is 1060. The van der Waals surface area contributed by atoms with Crippen LogP contribution in [0.4, 0.5) is 0 Å². The van der Waals surface area contributed by atoms with Crippen LogP contribution in [0.3, 0.4) is 0 Å². The largest absolute Gasteiger partial charge is 0.321 e. The number of fused-ring (bicyclic) bond motifs is 1. The van der Waals surface area contributed by atoms with Gasteiger partial charge in [-0.3, -0.25) is 4.79 Å². The maximum atomic E-state index is 13.2. The molecule has 28 heavy (non-hydrogen) atoms. The normalized spacial score (nSPS) is 17.0. The first-order valence-electron chi connectivity index (χ1n) is 9.51. The summed E-state index contributed by atoms with van der Waals surface area (Å²) in [6.45, 7) is 0. The molecule has 2 nitrogen and oxygen atoms in total. The first-order chi connectivity index (χ1) is 13.2. The molecule has 0 heterocycles. The number of halogens is 1. The molecule has 2 N–H and O–H groups in total. The van der Waals surface area contributed by atoms with Crippen molar-refractivity contribution in [3.8, 4) is 0 Å². The molecule has 0 unspecified atom stereocenters. The second-order valence-corrected chi connectivity index (χ2v) is 7.58. The molecule has 0 aromatic heterocycles. The van der Waals surface area contributed by atoms with Crippen molar-refractivity contribution in [3.63, 3.8) is 0 Å². The van der Waals surface area contributed by atoms with Crippen molar-refractivity contribution < 1.29 is 4.79 Å². The lowest BCUT2D eigenvalue weighted by Gasteiger charge is -2.38. The third-order valence-electron chi connectivity index (χ3n) is 5.97. The van der Waals surface area contributed by atoms with Gasteiger partial charge in [0.05, 0.1) is 0 Å². The fraction of sp³-hybridized carbons (Fsp3) is 0.160. The fourth-order valence-corrected chi connectivity index (χ4v) is 4.28. The Balaban J connectivity index is 0.00000192. The number of hydrogen-bond donors (Lipinski definition) is 1. The second kappa shape index (κ2) is 7.05. The highest BCUT2D eigenvalue weighted by Gasteiger charge is 2.35. The molecule has 1 saturated carbocycles. The summed E-state index contributed by atoms with van der Waals surface area (Å²) in [5, 5.41) is 0. The Morgan fingerprint density at radius 2 is 1.25 bits per heavy atom. The average Bonchev–Trinajstić information content (AvgIpc) is 3.00. The predicted molar refractivity (Wildman–Crippen MR) is 117 cm³/mol. The van der Waals surface area contributed by atoms with Crippen LogP contribution in [0.25, 0.3) is 11.1 Å².